The van der Waals surface area contributed by atoms with Gasteiger partial charge in [-0.2, -0.15) is 0 Å². The van der Waals surface area contributed by atoms with Crippen LogP contribution in [-0.2, 0) is 0 Å². The first-order valence-corrected chi connectivity index (χ1v) is 5.64. The van der Waals surface area contributed by atoms with E-state index in [-0.39, 0.29) is 12.1 Å². The second-order valence-electron chi connectivity index (χ2n) is 2.99. The molecule has 0 aliphatic heterocycles. The number of urea groups is 1. The molecule has 14 heavy (non-hydrogen) atoms. The summed E-state index contributed by atoms with van der Waals surface area (Å²) in [5.74, 6) is 0. The number of halogens is 2. The predicted octanol–water partition coefficient (Wildman–Crippen LogP) is 3.58. The number of carbonyl (C=O) groups excluding carboxylic acids is 1. The van der Waals surface area contributed by atoms with Crippen LogP contribution in [0.4, 0.5) is 10.5 Å². The van der Waals surface area contributed by atoms with E-state index in [1.54, 1.807) is 5.38 Å². The van der Waals surface area contributed by atoms with Gasteiger partial charge in [0.1, 0.15) is 4.34 Å². The first-order chi connectivity index (χ1) is 6.50. The predicted molar refractivity (Wildman–Crippen MR) is 61.6 cm³/mol. The van der Waals surface area contributed by atoms with Crippen molar-refractivity contribution >= 4 is 46.3 Å². The van der Waals surface area contributed by atoms with Crippen molar-refractivity contribution in [3.8, 4) is 0 Å². The molecular formula is C8H10Cl2N2OS. The van der Waals surface area contributed by atoms with Crippen LogP contribution >= 0.6 is 34.5 Å². The summed E-state index contributed by atoms with van der Waals surface area (Å²) < 4.78 is 0.478. The van der Waals surface area contributed by atoms with Crippen molar-refractivity contribution in [1.29, 1.82) is 0 Å². The summed E-state index contributed by atoms with van der Waals surface area (Å²) in [6, 6.07) is -0.195. The zero-order chi connectivity index (χ0) is 10.7. The lowest BCUT2D eigenvalue weighted by atomic mass is 10.4. The van der Waals surface area contributed by atoms with Crippen LogP contribution in [-0.4, -0.2) is 12.1 Å². The first kappa shape index (κ1) is 11.6. The Morgan fingerprint density at radius 3 is 2.57 bits per heavy atom. The number of carbonyl (C=O) groups is 1. The van der Waals surface area contributed by atoms with E-state index in [1.165, 1.54) is 11.3 Å². The van der Waals surface area contributed by atoms with Crippen LogP contribution in [0.2, 0.25) is 9.36 Å². The second-order valence-corrected chi connectivity index (χ2v) is 4.85. The second kappa shape index (κ2) is 4.87. The van der Waals surface area contributed by atoms with E-state index < -0.39 is 0 Å². The molecule has 1 aromatic rings. The summed E-state index contributed by atoms with van der Waals surface area (Å²) in [4.78, 5) is 11.3. The number of rotatable bonds is 2. The van der Waals surface area contributed by atoms with Crippen LogP contribution in [0.5, 0.6) is 0 Å². The molecular weight excluding hydrogens is 243 g/mol. The number of amides is 2. The summed E-state index contributed by atoms with van der Waals surface area (Å²) in [5, 5.41) is 7.37. The van der Waals surface area contributed by atoms with E-state index in [0.717, 1.165) is 0 Å². The van der Waals surface area contributed by atoms with E-state index in [4.69, 9.17) is 23.2 Å². The Morgan fingerprint density at radius 2 is 2.14 bits per heavy atom. The Morgan fingerprint density at radius 1 is 1.50 bits per heavy atom. The normalized spacial score (nSPS) is 10.4. The molecule has 0 fully saturated rings. The molecule has 1 aromatic heterocycles. The standard InChI is InChI=1S/C8H10Cl2N2OS/c1-4(2)11-8(13)12-5-3-14-7(10)6(5)9/h3-4H,1-2H3,(H2,11,12,13). The zero-order valence-electron chi connectivity index (χ0n) is 7.73. The van der Waals surface area contributed by atoms with E-state index >= 15 is 0 Å². The van der Waals surface area contributed by atoms with Crippen LogP contribution in [0.15, 0.2) is 5.38 Å². The van der Waals surface area contributed by atoms with Gasteiger partial charge in [0, 0.05) is 11.4 Å². The fourth-order valence-electron chi connectivity index (χ4n) is 0.825. The lowest BCUT2D eigenvalue weighted by Gasteiger charge is -2.08. The van der Waals surface area contributed by atoms with E-state index in [1.807, 2.05) is 13.8 Å². The highest BCUT2D eigenvalue weighted by molar-refractivity contribution is 7.15. The van der Waals surface area contributed by atoms with Crippen molar-refractivity contribution in [3.05, 3.63) is 14.7 Å². The maximum Gasteiger partial charge on any atom is 0.319 e. The molecule has 0 atom stereocenters. The Kier molecular flexibility index (Phi) is 4.04. The average Bonchev–Trinajstić information content (AvgIpc) is 2.34. The minimum absolute atomic E-state index is 0.0860. The Balaban J connectivity index is 2.61. The monoisotopic (exact) mass is 252 g/mol. The fraction of sp³-hybridized carbons (Fsp3) is 0.375. The molecule has 0 unspecified atom stereocenters. The number of anilines is 1. The molecule has 0 aliphatic rings. The highest BCUT2D eigenvalue weighted by Gasteiger charge is 2.10. The van der Waals surface area contributed by atoms with Gasteiger partial charge >= 0.3 is 6.03 Å². The molecule has 2 N–H and O–H groups in total. The van der Waals surface area contributed by atoms with Crippen molar-refractivity contribution < 1.29 is 4.79 Å². The summed E-state index contributed by atoms with van der Waals surface area (Å²) in [5.41, 5.74) is 0.541. The third-order valence-electron chi connectivity index (χ3n) is 1.36. The molecule has 6 heteroatoms. The van der Waals surface area contributed by atoms with Gasteiger partial charge < -0.3 is 10.6 Å². The molecule has 0 bridgehead atoms. The van der Waals surface area contributed by atoms with Crippen LogP contribution in [0.3, 0.4) is 0 Å². The third-order valence-corrected chi connectivity index (χ3v) is 3.18. The molecule has 1 rings (SSSR count). The van der Waals surface area contributed by atoms with Gasteiger partial charge in [-0.05, 0) is 13.8 Å². The van der Waals surface area contributed by atoms with Gasteiger partial charge in [0.05, 0.1) is 10.7 Å². The molecule has 0 aliphatic carbocycles. The van der Waals surface area contributed by atoms with Crippen LogP contribution in [0.25, 0.3) is 0 Å². The molecule has 0 aromatic carbocycles. The number of nitrogens with one attached hydrogen (secondary N) is 2. The first-order valence-electron chi connectivity index (χ1n) is 4.00. The summed E-state index contributed by atoms with van der Waals surface area (Å²) in [6.45, 7) is 3.75. The van der Waals surface area contributed by atoms with Gasteiger partial charge in [0.2, 0.25) is 0 Å². The molecule has 1 heterocycles. The lowest BCUT2D eigenvalue weighted by Crippen LogP contribution is -2.34. The minimum Gasteiger partial charge on any atom is -0.336 e. The average molecular weight is 253 g/mol. The number of thiophene rings is 1. The fourth-order valence-corrected chi connectivity index (χ4v) is 1.97. The van der Waals surface area contributed by atoms with Gasteiger partial charge in [0.25, 0.3) is 0 Å². The molecule has 0 saturated heterocycles. The topological polar surface area (TPSA) is 41.1 Å². The molecule has 78 valence electrons. The molecule has 0 spiro atoms. The molecule has 3 nitrogen and oxygen atoms in total. The number of hydrogen-bond acceptors (Lipinski definition) is 2. The van der Waals surface area contributed by atoms with Gasteiger partial charge in [-0.1, -0.05) is 23.2 Å². The molecule has 0 saturated carbocycles. The highest BCUT2D eigenvalue weighted by Crippen LogP contribution is 2.35. The minimum atomic E-state index is -0.281. The van der Waals surface area contributed by atoms with Crippen molar-refractivity contribution in [2.45, 2.75) is 19.9 Å². The largest absolute Gasteiger partial charge is 0.336 e. The number of hydrogen-bond donors (Lipinski definition) is 2. The van der Waals surface area contributed by atoms with Crippen molar-refractivity contribution in [2.24, 2.45) is 0 Å². The van der Waals surface area contributed by atoms with E-state index in [9.17, 15) is 4.79 Å². The van der Waals surface area contributed by atoms with Gasteiger partial charge in [-0.25, -0.2) is 4.79 Å². The van der Waals surface area contributed by atoms with E-state index in [2.05, 4.69) is 10.6 Å². The summed E-state index contributed by atoms with van der Waals surface area (Å²) in [6.07, 6.45) is 0. The van der Waals surface area contributed by atoms with Crippen LogP contribution in [0.1, 0.15) is 13.8 Å². The van der Waals surface area contributed by atoms with Crippen molar-refractivity contribution in [1.82, 2.24) is 5.32 Å². The SMILES string of the molecule is CC(C)NC(=O)Nc1csc(Cl)c1Cl. The smallest absolute Gasteiger partial charge is 0.319 e. The quantitative estimate of drug-likeness (QED) is 0.830. The Labute approximate surface area is 96.4 Å². The van der Waals surface area contributed by atoms with Gasteiger partial charge in [0.15, 0.2) is 0 Å². The maximum atomic E-state index is 11.3. The zero-order valence-corrected chi connectivity index (χ0v) is 10.1. The van der Waals surface area contributed by atoms with Gasteiger partial charge in [-0.3, -0.25) is 0 Å². The van der Waals surface area contributed by atoms with E-state index in [0.29, 0.717) is 15.0 Å². The summed E-state index contributed by atoms with van der Waals surface area (Å²) in [7, 11) is 0. The lowest BCUT2D eigenvalue weighted by molar-refractivity contribution is 0.250. The molecule has 2 amide bonds. The van der Waals surface area contributed by atoms with Crippen molar-refractivity contribution in [3.63, 3.8) is 0 Å². The van der Waals surface area contributed by atoms with Crippen molar-refractivity contribution in [2.75, 3.05) is 5.32 Å². The van der Waals surface area contributed by atoms with Crippen LogP contribution in [0, 0.1) is 0 Å². The van der Waals surface area contributed by atoms with Crippen LogP contribution < -0.4 is 10.6 Å². The third kappa shape index (κ3) is 3.04. The van der Waals surface area contributed by atoms with Gasteiger partial charge in [-0.15, -0.1) is 11.3 Å². The highest BCUT2D eigenvalue weighted by atomic mass is 35.5. The Hall–Kier alpha value is -0.450. The Bertz CT molecular complexity index is 338. The maximum absolute atomic E-state index is 11.3. The molecule has 0 radical (unpaired) electrons. The summed E-state index contributed by atoms with van der Waals surface area (Å²) >= 11 is 12.8.